The smallest absolute Gasteiger partial charge is 0.412 e. The summed E-state index contributed by atoms with van der Waals surface area (Å²) in [7, 11) is -0.871. The Morgan fingerprint density at radius 3 is 2.63 bits per heavy atom. The van der Waals surface area contributed by atoms with Gasteiger partial charge in [0.1, 0.15) is 5.84 Å². The number of morpholine rings is 1. The predicted octanol–water partition coefficient (Wildman–Crippen LogP) is 0.935. The fraction of sp³-hybridized carbons (Fsp3) is 0.483. The third-order valence-electron chi connectivity index (χ3n) is 8.50. The highest BCUT2D eigenvalue weighted by molar-refractivity contribution is 7.87. The third-order valence-corrected chi connectivity index (χ3v) is 11.3. The molecule has 46 heavy (non-hydrogen) atoms. The van der Waals surface area contributed by atoms with Gasteiger partial charge in [0.05, 0.1) is 32.1 Å². The van der Waals surface area contributed by atoms with Gasteiger partial charge >= 0.3 is 16.3 Å². The van der Waals surface area contributed by atoms with Crippen molar-refractivity contribution in [1.82, 2.24) is 33.3 Å². The van der Waals surface area contributed by atoms with Crippen LogP contribution >= 0.6 is 11.3 Å². The molecular formula is C29H36N8O7S2. The minimum Gasteiger partial charge on any atom is -0.453 e. The number of amides is 3. The maximum Gasteiger partial charge on any atom is 0.412 e. The lowest BCUT2D eigenvalue weighted by molar-refractivity contribution is -0.136. The zero-order valence-corrected chi connectivity index (χ0v) is 27.2. The molecule has 2 saturated heterocycles. The maximum absolute atomic E-state index is 13.9. The van der Waals surface area contributed by atoms with Crippen molar-refractivity contribution >= 4 is 56.1 Å². The molecule has 0 radical (unpaired) electrons. The summed E-state index contributed by atoms with van der Waals surface area (Å²) in [6.07, 6.45) is 2.87. The van der Waals surface area contributed by atoms with Crippen LogP contribution in [0.3, 0.4) is 0 Å². The van der Waals surface area contributed by atoms with Gasteiger partial charge < -0.3 is 24.2 Å². The molecule has 0 bridgehead atoms. The molecule has 6 rings (SSSR count). The van der Waals surface area contributed by atoms with E-state index < -0.39 is 22.3 Å². The molecule has 1 aromatic carbocycles. The van der Waals surface area contributed by atoms with Crippen molar-refractivity contribution in [2.75, 3.05) is 66.6 Å². The van der Waals surface area contributed by atoms with Gasteiger partial charge in [-0.1, -0.05) is 12.1 Å². The van der Waals surface area contributed by atoms with Crippen molar-refractivity contribution in [1.29, 1.82) is 5.41 Å². The van der Waals surface area contributed by atoms with Gasteiger partial charge in [0, 0.05) is 92.3 Å². The van der Waals surface area contributed by atoms with Crippen molar-refractivity contribution < 1.29 is 32.3 Å². The second-order valence-corrected chi connectivity index (χ2v) is 14.4. The molecule has 2 aromatic heterocycles. The van der Waals surface area contributed by atoms with Crippen molar-refractivity contribution in [3.63, 3.8) is 0 Å². The summed E-state index contributed by atoms with van der Waals surface area (Å²) in [4.78, 5) is 50.0. The first-order valence-corrected chi connectivity index (χ1v) is 17.1. The molecule has 0 aliphatic carbocycles. The van der Waals surface area contributed by atoms with Crippen LogP contribution in [0, 0.1) is 5.41 Å². The molecular weight excluding hydrogens is 637 g/mol. The summed E-state index contributed by atoms with van der Waals surface area (Å²) in [5.41, 5.74) is 1.30. The molecule has 2 fully saturated rings. The quantitative estimate of drug-likeness (QED) is 0.286. The minimum absolute atomic E-state index is 0.0299. The number of benzene rings is 1. The van der Waals surface area contributed by atoms with Crippen molar-refractivity contribution in [2.45, 2.75) is 25.4 Å². The first kappa shape index (κ1) is 32.1. The summed E-state index contributed by atoms with van der Waals surface area (Å²) in [6.45, 7) is 3.41. The number of ether oxygens (including phenoxy) is 2. The molecule has 15 nitrogen and oxygen atoms in total. The Morgan fingerprint density at radius 1 is 1.11 bits per heavy atom. The number of alkyl carbamates (subject to hydrolysis) is 1. The van der Waals surface area contributed by atoms with Gasteiger partial charge in [-0.3, -0.25) is 20.3 Å². The number of thiazole rings is 1. The Kier molecular flexibility index (Phi) is 9.11. The highest BCUT2D eigenvalue weighted by Gasteiger charge is 2.39. The number of nitrogens with zero attached hydrogens (tertiary/aromatic N) is 6. The average molecular weight is 673 g/mol. The summed E-state index contributed by atoms with van der Waals surface area (Å²) < 4.78 is 40.2. The van der Waals surface area contributed by atoms with Crippen molar-refractivity contribution in [3.8, 4) is 0 Å². The molecule has 0 spiro atoms. The number of hydrogen-bond acceptors (Lipinski definition) is 11. The standard InChI is InChI=1S/C29H36N8O7S2/c1-33-6-5-23-24(18-33)45-27(31-23)28(39)37-8-7-35(17-22(37)14-25(38)34-9-11-44-12-10-34)46(41,42)36-15-20-4-3-19(13-21(20)16-36)26(30)32-29(40)43-2/h3-4,13,15-16,22H,5-12,14,17-18H2,1-2H3,(H2,30,32,40). The van der Waals surface area contributed by atoms with Crippen LogP contribution < -0.4 is 5.32 Å². The molecule has 246 valence electrons. The monoisotopic (exact) mass is 672 g/mol. The summed E-state index contributed by atoms with van der Waals surface area (Å²) >= 11 is 1.37. The van der Waals surface area contributed by atoms with Crippen LogP contribution in [-0.4, -0.2) is 133 Å². The summed E-state index contributed by atoms with van der Waals surface area (Å²) in [6, 6.07) is 4.17. The van der Waals surface area contributed by atoms with E-state index in [-0.39, 0.29) is 43.7 Å². The van der Waals surface area contributed by atoms with Crippen molar-refractivity contribution in [3.05, 3.63) is 51.7 Å². The molecule has 1 unspecified atom stereocenters. The van der Waals surface area contributed by atoms with E-state index in [0.29, 0.717) is 47.6 Å². The number of nitrogens with one attached hydrogen (secondary N) is 2. The fourth-order valence-electron chi connectivity index (χ4n) is 5.92. The molecule has 2 N–H and O–H groups in total. The lowest BCUT2D eigenvalue weighted by Crippen LogP contribution is -2.58. The van der Waals surface area contributed by atoms with Gasteiger partial charge in [0.25, 0.3) is 5.91 Å². The van der Waals surface area contributed by atoms with E-state index in [1.807, 2.05) is 7.05 Å². The summed E-state index contributed by atoms with van der Waals surface area (Å²) in [5, 5.41) is 11.9. The largest absolute Gasteiger partial charge is 0.453 e. The van der Waals surface area contributed by atoms with Gasteiger partial charge in [0.2, 0.25) is 5.91 Å². The van der Waals surface area contributed by atoms with Crippen LogP contribution in [-0.2, 0) is 37.4 Å². The zero-order chi connectivity index (χ0) is 32.6. The zero-order valence-electron chi connectivity index (χ0n) is 25.6. The molecule has 1 atom stereocenters. The highest BCUT2D eigenvalue weighted by Crippen LogP contribution is 2.28. The highest BCUT2D eigenvalue weighted by atomic mass is 32.2. The second kappa shape index (κ2) is 13.1. The van der Waals surface area contributed by atoms with Gasteiger partial charge in [-0.15, -0.1) is 11.3 Å². The summed E-state index contributed by atoms with van der Waals surface area (Å²) in [5.74, 6) is -0.639. The molecule has 3 aliphatic rings. The van der Waals surface area contributed by atoms with Crippen molar-refractivity contribution in [2.24, 2.45) is 0 Å². The van der Waals surface area contributed by atoms with Gasteiger partial charge in [0.15, 0.2) is 5.01 Å². The topological polar surface area (TPSA) is 170 Å². The SMILES string of the molecule is COC(=O)NC(=N)c1ccc2cn(S(=O)(=O)N3CCN(C(=O)c4nc5c(s4)CN(C)CC5)C(CC(=O)N4CCOCC4)C3)cc2c1. The number of carbonyl (C=O) groups is 3. The Balaban J connectivity index is 1.24. The van der Waals surface area contributed by atoms with Crippen LogP contribution in [0.4, 0.5) is 4.79 Å². The van der Waals surface area contributed by atoms with E-state index >= 15 is 0 Å². The lowest BCUT2D eigenvalue weighted by atomic mass is 10.1. The molecule has 3 aromatic rings. The number of fused-ring (bicyclic) bond motifs is 2. The van der Waals surface area contributed by atoms with E-state index in [4.69, 9.17) is 10.1 Å². The Hall–Kier alpha value is -3.90. The van der Waals surface area contributed by atoms with E-state index in [1.165, 1.54) is 35.1 Å². The molecule has 3 amide bonds. The number of aromatic nitrogens is 2. The number of amidine groups is 1. The number of rotatable bonds is 6. The minimum atomic E-state index is -4.09. The number of carbonyl (C=O) groups excluding carboxylic acids is 3. The maximum atomic E-state index is 13.9. The lowest BCUT2D eigenvalue weighted by Gasteiger charge is -2.41. The molecule has 0 saturated carbocycles. The molecule has 3 aliphatic heterocycles. The Labute approximate surface area is 270 Å². The Morgan fingerprint density at radius 2 is 1.87 bits per heavy atom. The first-order valence-electron chi connectivity index (χ1n) is 14.9. The van der Waals surface area contributed by atoms with E-state index in [0.717, 1.165) is 34.1 Å². The number of likely N-dealkylation sites (N-methyl/N-ethyl adjacent to an activating group) is 1. The normalized spacial score (nSPS) is 19.6. The van der Waals surface area contributed by atoms with Crippen LogP contribution in [0.5, 0.6) is 0 Å². The van der Waals surface area contributed by atoms with Crippen LogP contribution in [0.2, 0.25) is 0 Å². The average Bonchev–Trinajstić information content (AvgIpc) is 3.69. The third kappa shape index (κ3) is 6.50. The predicted molar refractivity (Wildman–Crippen MR) is 169 cm³/mol. The first-order chi connectivity index (χ1) is 22.0. The van der Waals surface area contributed by atoms with Crippen LogP contribution in [0.15, 0.2) is 30.6 Å². The van der Waals surface area contributed by atoms with Gasteiger partial charge in [-0.25, -0.2) is 13.8 Å². The van der Waals surface area contributed by atoms with Gasteiger partial charge in [-0.2, -0.15) is 12.7 Å². The number of hydrogen-bond donors (Lipinski definition) is 2. The van der Waals surface area contributed by atoms with E-state index in [2.05, 4.69) is 19.9 Å². The van der Waals surface area contributed by atoms with Gasteiger partial charge in [-0.05, 0) is 13.1 Å². The molecule has 5 heterocycles. The molecule has 17 heteroatoms. The van der Waals surface area contributed by atoms with Crippen LogP contribution in [0.1, 0.15) is 32.4 Å². The second-order valence-electron chi connectivity index (χ2n) is 11.5. The van der Waals surface area contributed by atoms with E-state index in [1.54, 1.807) is 28.0 Å². The number of methoxy groups -OCH3 is 1. The fourth-order valence-corrected chi connectivity index (χ4v) is 8.50. The Bertz CT molecular complexity index is 1780. The van der Waals surface area contributed by atoms with Crippen LogP contribution in [0.25, 0.3) is 10.8 Å². The number of piperazine rings is 1. The van der Waals surface area contributed by atoms with E-state index in [9.17, 15) is 22.8 Å².